The molecule has 0 unspecified atom stereocenters. The predicted octanol–water partition coefficient (Wildman–Crippen LogP) is 1.71. The molecule has 19 heavy (non-hydrogen) atoms. The summed E-state index contributed by atoms with van der Waals surface area (Å²) in [6.45, 7) is 0. The number of ether oxygens (including phenoxy) is 1. The van der Waals surface area contributed by atoms with E-state index in [1.807, 2.05) is 0 Å². The number of hydrogen-bond donors (Lipinski definition) is 1. The van der Waals surface area contributed by atoms with Crippen LogP contribution in [0.3, 0.4) is 0 Å². The van der Waals surface area contributed by atoms with Crippen molar-refractivity contribution in [3.63, 3.8) is 0 Å². The standard InChI is InChI=1S/C13H9FN2O3/c1-19-13(18)7-2-3-10-9(6-7)15-12(17)11-8(14)4-5-16(10)11/h2-6H,1H3,(H,15,17). The number of benzene rings is 1. The molecule has 2 heterocycles. The highest BCUT2D eigenvalue weighted by Crippen LogP contribution is 2.17. The summed E-state index contributed by atoms with van der Waals surface area (Å²) in [5, 5.41) is 0. The first-order valence-corrected chi connectivity index (χ1v) is 5.53. The largest absolute Gasteiger partial charge is 0.465 e. The van der Waals surface area contributed by atoms with Gasteiger partial charge in [-0.25, -0.2) is 9.18 Å². The van der Waals surface area contributed by atoms with E-state index in [1.54, 1.807) is 12.1 Å². The van der Waals surface area contributed by atoms with Gasteiger partial charge in [0.15, 0.2) is 5.82 Å². The highest BCUT2D eigenvalue weighted by Gasteiger charge is 2.12. The Morgan fingerprint density at radius 3 is 2.89 bits per heavy atom. The maximum atomic E-state index is 13.5. The first-order chi connectivity index (χ1) is 9.11. The van der Waals surface area contributed by atoms with Gasteiger partial charge >= 0.3 is 5.97 Å². The van der Waals surface area contributed by atoms with Crippen molar-refractivity contribution in [3.8, 4) is 0 Å². The molecule has 0 amide bonds. The van der Waals surface area contributed by atoms with Gasteiger partial charge in [-0.15, -0.1) is 0 Å². The van der Waals surface area contributed by atoms with Gasteiger partial charge in [0.2, 0.25) is 0 Å². The molecule has 5 nitrogen and oxygen atoms in total. The second-order valence-corrected chi connectivity index (χ2v) is 4.06. The second kappa shape index (κ2) is 3.94. The van der Waals surface area contributed by atoms with Crippen LogP contribution in [0.15, 0.2) is 35.3 Å². The first-order valence-electron chi connectivity index (χ1n) is 5.53. The first kappa shape index (κ1) is 11.5. The SMILES string of the molecule is COC(=O)c1ccc2c(c1)[nH]c(=O)c1c(F)ccn12. The monoisotopic (exact) mass is 260 g/mol. The summed E-state index contributed by atoms with van der Waals surface area (Å²) in [5.41, 5.74) is 0.773. The zero-order valence-electron chi connectivity index (χ0n) is 9.94. The summed E-state index contributed by atoms with van der Waals surface area (Å²) in [4.78, 5) is 25.8. The lowest BCUT2D eigenvalue weighted by Gasteiger charge is -2.04. The average molecular weight is 260 g/mol. The van der Waals surface area contributed by atoms with Crippen LogP contribution in [0.2, 0.25) is 0 Å². The van der Waals surface area contributed by atoms with Crippen molar-refractivity contribution in [1.82, 2.24) is 9.38 Å². The van der Waals surface area contributed by atoms with E-state index in [2.05, 4.69) is 9.72 Å². The molecule has 3 aromatic rings. The second-order valence-electron chi connectivity index (χ2n) is 4.06. The summed E-state index contributed by atoms with van der Waals surface area (Å²) in [6, 6.07) is 5.91. The molecule has 96 valence electrons. The van der Waals surface area contributed by atoms with Crippen LogP contribution in [-0.2, 0) is 4.74 Å². The maximum Gasteiger partial charge on any atom is 0.337 e. The number of aromatic nitrogens is 2. The van der Waals surface area contributed by atoms with E-state index in [1.165, 1.54) is 29.8 Å². The van der Waals surface area contributed by atoms with E-state index in [9.17, 15) is 14.0 Å². The number of halogens is 1. The van der Waals surface area contributed by atoms with Gasteiger partial charge in [-0.2, -0.15) is 0 Å². The minimum absolute atomic E-state index is 0.0432. The van der Waals surface area contributed by atoms with Crippen LogP contribution < -0.4 is 5.56 Å². The Morgan fingerprint density at radius 2 is 2.16 bits per heavy atom. The zero-order valence-corrected chi connectivity index (χ0v) is 9.94. The number of carbonyl (C=O) groups is 1. The molecule has 1 aromatic carbocycles. The van der Waals surface area contributed by atoms with E-state index in [0.29, 0.717) is 16.6 Å². The predicted molar refractivity (Wildman–Crippen MR) is 66.8 cm³/mol. The maximum absolute atomic E-state index is 13.5. The highest BCUT2D eigenvalue weighted by atomic mass is 19.1. The lowest BCUT2D eigenvalue weighted by Crippen LogP contribution is -2.11. The van der Waals surface area contributed by atoms with Gasteiger partial charge in [0.1, 0.15) is 5.52 Å². The van der Waals surface area contributed by atoms with E-state index in [4.69, 9.17) is 0 Å². The van der Waals surface area contributed by atoms with Crippen molar-refractivity contribution in [2.75, 3.05) is 7.11 Å². The van der Waals surface area contributed by atoms with Crippen molar-refractivity contribution in [2.45, 2.75) is 0 Å². The van der Waals surface area contributed by atoms with Crippen LogP contribution in [0.1, 0.15) is 10.4 Å². The van der Waals surface area contributed by atoms with Crippen LogP contribution in [0.4, 0.5) is 4.39 Å². The number of H-pyrrole nitrogens is 1. The van der Waals surface area contributed by atoms with Gasteiger partial charge in [-0.05, 0) is 24.3 Å². The third-order valence-corrected chi connectivity index (χ3v) is 2.98. The molecule has 0 atom stereocenters. The molecule has 0 spiro atoms. The topological polar surface area (TPSA) is 63.6 Å². The smallest absolute Gasteiger partial charge is 0.337 e. The fourth-order valence-electron chi connectivity index (χ4n) is 2.10. The lowest BCUT2D eigenvalue weighted by atomic mass is 10.2. The van der Waals surface area contributed by atoms with Gasteiger partial charge in [-0.3, -0.25) is 4.79 Å². The Kier molecular flexibility index (Phi) is 2.38. The van der Waals surface area contributed by atoms with E-state index in [-0.39, 0.29) is 5.52 Å². The average Bonchev–Trinajstić information content (AvgIpc) is 2.80. The van der Waals surface area contributed by atoms with Crippen LogP contribution in [-0.4, -0.2) is 22.5 Å². The van der Waals surface area contributed by atoms with Gasteiger partial charge in [-0.1, -0.05) is 0 Å². The van der Waals surface area contributed by atoms with Crippen LogP contribution in [0.5, 0.6) is 0 Å². The van der Waals surface area contributed by atoms with Crippen molar-refractivity contribution >= 4 is 22.5 Å². The zero-order chi connectivity index (χ0) is 13.6. The fraction of sp³-hybridized carbons (Fsp3) is 0.0769. The fourth-order valence-corrected chi connectivity index (χ4v) is 2.10. The summed E-state index contributed by atoms with van der Waals surface area (Å²) in [7, 11) is 1.28. The molecule has 0 radical (unpaired) electrons. The minimum Gasteiger partial charge on any atom is -0.465 e. The molecular weight excluding hydrogens is 251 g/mol. The molecule has 0 saturated heterocycles. The van der Waals surface area contributed by atoms with E-state index >= 15 is 0 Å². The van der Waals surface area contributed by atoms with Crippen molar-refractivity contribution in [3.05, 3.63) is 52.2 Å². The third kappa shape index (κ3) is 1.61. The molecule has 0 aliphatic carbocycles. The quantitative estimate of drug-likeness (QED) is 0.677. The third-order valence-electron chi connectivity index (χ3n) is 2.98. The van der Waals surface area contributed by atoms with Gasteiger partial charge < -0.3 is 14.1 Å². The normalized spacial score (nSPS) is 11.1. The van der Waals surface area contributed by atoms with Crippen LogP contribution in [0, 0.1) is 5.82 Å². The Morgan fingerprint density at radius 1 is 1.37 bits per heavy atom. The molecule has 0 aliphatic rings. The number of carbonyl (C=O) groups excluding carboxylic acids is 1. The molecule has 2 aromatic heterocycles. The number of esters is 1. The Hall–Kier alpha value is -2.63. The van der Waals surface area contributed by atoms with Crippen molar-refractivity contribution in [1.29, 1.82) is 0 Å². The molecule has 0 bridgehead atoms. The molecular formula is C13H9FN2O3. The number of fused-ring (bicyclic) bond motifs is 3. The van der Waals surface area contributed by atoms with Crippen LogP contribution in [0.25, 0.3) is 16.6 Å². The Balaban J connectivity index is 2.40. The molecule has 1 N–H and O–H groups in total. The number of nitrogens with one attached hydrogen (secondary N) is 1. The van der Waals surface area contributed by atoms with E-state index < -0.39 is 17.3 Å². The number of nitrogens with zero attached hydrogens (tertiary/aromatic N) is 1. The van der Waals surface area contributed by atoms with Crippen LogP contribution >= 0.6 is 0 Å². The summed E-state index contributed by atoms with van der Waals surface area (Å²) in [5.74, 6) is -1.08. The summed E-state index contributed by atoms with van der Waals surface area (Å²) in [6.07, 6.45) is 1.47. The minimum atomic E-state index is -0.583. The number of methoxy groups -OCH3 is 1. The van der Waals surface area contributed by atoms with E-state index in [0.717, 1.165) is 0 Å². The highest BCUT2D eigenvalue weighted by molar-refractivity contribution is 5.93. The number of rotatable bonds is 1. The lowest BCUT2D eigenvalue weighted by molar-refractivity contribution is 0.0601. The summed E-state index contributed by atoms with van der Waals surface area (Å²) >= 11 is 0. The number of hydrogen-bond acceptors (Lipinski definition) is 3. The van der Waals surface area contributed by atoms with Gasteiger partial charge in [0, 0.05) is 6.20 Å². The Bertz CT molecular complexity index is 863. The molecule has 0 saturated carbocycles. The van der Waals surface area contributed by atoms with Gasteiger partial charge in [0.25, 0.3) is 5.56 Å². The van der Waals surface area contributed by atoms with Crippen molar-refractivity contribution in [2.24, 2.45) is 0 Å². The molecule has 0 fully saturated rings. The number of aromatic amines is 1. The molecule has 0 aliphatic heterocycles. The molecule has 3 rings (SSSR count). The summed E-state index contributed by atoms with van der Waals surface area (Å²) < 4.78 is 19.5. The van der Waals surface area contributed by atoms with Crippen molar-refractivity contribution < 1.29 is 13.9 Å². The van der Waals surface area contributed by atoms with Gasteiger partial charge in [0.05, 0.1) is 23.7 Å². The molecule has 6 heteroatoms. The Labute approximate surface area is 106 Å².